The van der Waals surface area contributed by atoms with Crippen molar-refractivity contribution in [3.8, 4) is 5.75 Å². The maximum absolute atomic E-state index is 11.8. The van der Waals surface area contributed by atoms with Crippen LogP contribution in [0, 0.1) is 0 Å². The summed E-state index contributed by atoms with van der Waals surface area (Å²) in [5, 5.41) is 2.84. The van der Waals surface area contributed by atoms with Crippen LogP contribution in [-0.2, 0) is 4.79 Å². The highest BCUT2D eigenvalue weighted by atomic mass is 16.5. The van der Waals surface area contributed by atoms with E-state index in [0.717, 1.165) is 18.6 Å². The number of nitrogens with two attached hydrogens (primary N) is 1. The lowest BCUT2D eigenvalue weighted by atomic mass is 9.94. The fourth-order valence-electron chi connectivity index (χ4n) is 1.94. The van der Waals surface area contributed by atoms with Crippen LogP contribution in [0.1, 0.15) is 52.0 Å². The van der Waals surface area contributed by atoms with Crippen molar-refractivity contribution in [2.24, 2.45) is 5.73 Å². The second kappa shape index (κ2) is 8.03. The Balaban J connectivity index is 2.45. The van der Waals surface area contributed by atoms with Gasteiger partial charge in [0.25, 0.3) is 5.91 Å². The largest absolute Gasteiger partial charge is 0.484 e. The third-order valence-electron chi connectivity index (χ3n) is 3.94. The molecule has 0 saturated heterocycles. The van der Waals surface area contributed by atoms with Gasteiger partial charge in [-0.15, -0.1) is 0 Å². The van der Waals surface area contributed by atoms with Crippen LogP contribution in [0.15, 0.2) is 24.3 Å². The molecule has 0 saturated carbocycles. The number of benzene rings is 1. The van der Waals surface area contributed by atoms with Gasteiger partial charge >= 0.3 is 0 Å². The molecule has 21 heavy (non-hydrogen) atoms. The number of carbonyl (C=O) groups is 1. The molecule has 0 aliphatic carbocycles. The number of ether oxygens (including phenoxy) is 1. The molecule has 0 aliphatic heterocycles. The van der Waals surface area contributed by atoms with Gasteiger partial charge in [0.1, 0.15) is 5.75 Å². The maximum atomic E-state index is 11.8. The van der Waals surface area contributed by atoms with Crippen molar-refractivity contribution < 1.29 is 9.53 Å². The molecule has 1 rings (SSSR count). The van der Waals surface area contributed by atoms with Crippen LogP contribution >= 0.6 is 0 Å². The molecule has 4 heteroatoms. The summed E-state index contributed by atoms with van der Waals surface area (Å²) < 4.78 is 5.54. The second-order valence-corrected chi connectivity index (χ2v) is 5.86. The zero-order valence-electron chi connectivity index (χ0n) is 13.6. The highest BCUT2D eigenvalue weighted by Gasteiger charge is 2.20. The molecule has 1 aromatic rings. The average molecular weight is 292 g/mol. The highest BCUT2D eigenvalue weighted by molar-refractivity contribution is 5.77. The third kappa shape index (κ3) is 5.76. The van der Waals surface area contributed by atoms with Gasteiger partial charge in [-0.2, -0.15) is 0 Å². The quantitative estimate of drug-likeness (QED) is 0.774. The van der Waals surface area contributed by atoms with Gasteiger partial charge in [-0.3, -0.25) is 4.79 Å². The van der Waals surface area contributed by atoms with Crippen LogP contribution in [0.25, 0.3) is 0 Å². The van der Waals surface area contributed by atoms with Crippen LogP contribution in [-0.4, -0.2) is 24.6 Å². The average Bonchev–Trinajstić information content (AvgIpc) is 2.50. The van der Waals surface area contributed by atoms with Gasteiger partial charge < -0.3 is 15.8 Å². The van der Waals surface area contributed by atoms with Crippen LogP contribution in [0.3, 0.4) is 0 Å². The Bertz CT molecular complexity index is 454. The summed E-state index contributed by atoms with van der Waals surface area (Å²) in [5.41, 5.74) is 7.02. The minimum Gasteiger partial charge on any atom is -0.484 e. The van der Waals surface area contributed by atoms with Crippen molar-refractivity contribution in [2.75, 3.05) is 13.2 Å². The Morgan fingerprint density at radius 1 is 1.33 bits per heavy atom. The Kier molecular flexibility index (Phi) is 6.69. The lowest BCUT2D eigenvalue weighted by Gasteiger charge is -2.26. The van der Waals surface area contributed by atoms with E-state index in [-0.39, 0.29) is 18.1 Å². The SMILES string of the molecule is CCC(N)(CC)CNC(=O)COc1cccc(C(C)C)c1. The molecule has 0 aromatic heterocycles. The van der Waals surface area contributed by atoms with Crippen LogP contribution < -0.4 is 15.8 Å². The minimum atomic E-state index is -0.326. The smallest absolute Gasteiger partial charge is 0.258 e. The molecule has 0 unspecified atom stereocenters. The summed E-state index contributed by atoms with van der Waals surface area (Å²) in [6, 6.07) is 7.85. The van der Waals surface area contributed by atoms with Gasteiger partial charge in [0.15, 0.2) is 6.61 Å². The molecular formula is C17H28N2O2. The standard InChI is InChI=1S/C17H28N2O2/c1-5-17(18,6-2)12-19-16(20)11-21-15-9-7-8-14(10-15)13(3)4/h7-10,13H,5-6,11-12,18H2,1-4H3,(H,19,20). The van der Waals surface area contributed by atoms with E-state index in [9.17, 15) is 4.79 Å². The summed E-state index contributed by atoms with van der Waals surface area (Å²) in [6.45, 7) is 8.82. The monoisotopic (exact) mass is 292 g/mol. The molecule has 0 atom stereocenters. The summed E-state index contributed by atoms with van der Waals surface area (Å²) in [6.07, 6.45) is 1.67. The van der Waals surface area contributed by atoms with E-state index in [1.807, 2.05) is 32.0 Å². The van der Waals surface area contributed by atoms with E-state index in [1.54, 1.807) is 0 Å². The molecular weight excluding hydrogens is 264 g/mol. The zero-order valence-corrected chi connectivity index (χ0v) is 13.6. The van der Waals surface area contributed by atoms with Crippen molar-refractivity contribution in [1.82, 2.24) is 5.32 Å². The summed E-state index contributed by atoms with van der Waals surface area (Å²) in [5.74, 6) is 1.03. The van der Waals surface area contributed by atoms with Crippen molar-refractivity contribution in [1.29, 1.82) is 0 Å². The van der Waals surface area contributed by atoms with E-state index >= 15 is 0 Å². The molecule has 0 aliphatic rings. The second-order valence-electron chi connectivity index (χ2n) is 5.86. The summed E-state index contributed by atoms with van der Waals surface area (Å²) in [4.78, 5) is 11.8. The first-order valence-corrected chi connectivity index (χ1v) is 7.68. The lowest BCUT2D eigenvalue weighted by Crippen LogP contribution is -2.50. The number of amides is 1. The van der Waals surface area contributed by atoms with Crippen LogP contribution in [0.5, 0.6) is 5.75 Å². The topological polar surface area (TPSA) is 64.3 Å². The van der Waals surface area contributed by atoms with E-state index in [0.29, 0.717) is 12.5 Å². The molecule has 3 N–H and O–H groups in total. The van der Waals surface area contributed by atoms with Gasteiger partial charge in [-0.05, 0) is 36.5 Å². The maximum Gasteiger partial charge on any atom is 0.258 e. The molecule has 0 bridgehead atoms. The van der Waals surface area contributed by atoms with E-state index < -0.39 is 0 Å². The van der Waals surface area contributed by atoms with Gasteiger partial charge in [-0.1, -0.05) is 39.8 Å². The van der Waals surface area contributed by atoms with E-state index in [1.165, 1.54) is 5.56 Å². The van der Waals surface area contributed by atoms with E-state index in [2.05, 4.69) is 25.2 Å². The number of rotatable bonds is 8. The molecule has 0 radical (unpaired) electrons. The van der Waals surface area contributed by atoms with Crippen molar-refractivity contribution in [3.63, 3.8) is 0 Å². The lowest BCUT2D eigenvalue weighted by molar-refractivity contribution is -0.123. The predicted octanol–water partition coefficient (Wildman–Crippen LogP) is 2.82. The predicted molar refractivity (Wildman–Crippen MR) is 86.5 cm³/mol. The first-order chi connectivity index (χ1) is 9.90. The fourth-order valence-corrected chi connectivity index (χ4v) is 1.94. The number of carbonyl (C=O) groups excluding carboxylic acids is 1. The van der Waals surface area contributed by atoms with Crippen LogP contribution in [0.4, 0.5) is 0 Å². The Morgan fingerprint density at radius 3 is 2.57 bits per heavy atom. The van der Waals surface area contributed by atoms with Crippen LogP contribution in [0.2, 0.25) is 0 Å². The molecule has 0 fully saturated rings. The number of nitrogens with one attached hydrogen (secondary N) is 1. The zero-order chi connectivity index (χ0) is 15.9. The van der Waals surface area contributed by atoms with Gasteiger partial charge in [0.05, 0.1) is 0 Å². The normalized spacial score (nSPS) is 11.5. The van der Waals surface area contributed by atoms with Gasteiger partial charge in [0.2, 0.25) is 0 Å². The molecule has 0 heterocycles. The van der Waals surface area contributed by atoms with Gasteiger partial charge in [-0.25, -0.2) is 0 Å². The Labute approximate surface area is 128 Å². The van der Waals surface area contributed by atoms with Gasteiger partial charge in [0, 0.05) is 12.1 Å². The number of hydrogen-bond acceptors (Lipinski definition) is 3. The first kappa shape index (κ1) is 17.5. The number of hydrogen-bond donors (Lipinski definition) is 2. The minimum absolute atomic E-state index is 0.0189. The third-order valence-corrected chi connectivity index (χ3v) is 3.94. The Hall–Kier alpha value is -1.55. The molecule has 1 amide bonds. The fraction of sp³-hybridized carbons (Fsp3) is 0.588. The van der Waals surface area contributed by atoms with Crippen molar-refractivity contribution >= 4 is 5.91 Å². The van der Waals surface area contributed by atoms with Crippen molar-refractivity contribution in [3.05, 3.63) is 29.8 Å². The summed E-state index contributed by atoms with van der Waals surface area (Å²) in [7, 11) is 0. The molecule has 1 aromatic carbocycles. The first-order valence-electron chi connectivity index (χ1n) is 7.68. The van der Waals surface area contributed by atoms with Crippen molar-refractivity contribution in [2.45, 2.75) is 52.0 Å². The summed E-state index contributed by atoms with van der Waals surface area (Å²) >= 11 is 0. The Morgan fingerprint density at radius 2 is 2.00 bits per heavy atom. The molecule has 4 nitrogen and oxygen atoms in total. The van der Waals surface area contributed by atoms with E-state index in [4.69, 9.17) is 10.5 Å². The molecule has 118 valence electrons. The highest BCUT2D eigenvalue weighted by Crippen LogP contribution is 2.20. The molecule has 0 spiro atoms.